The van der Waals surface area contributed by atoms with E-state index in [1.807, 2.05) is 4.90 Å². The molecule has 0 saturated carbocycles. The van der Waals surface area contributed by atoms with Crippen molar-refractivity contribution in [2.24, 2.45) is 5.92 Å². The lowest BCUT2D eigenvalue weighted by Crippen LogP contribution is -2.48. The van der Waals surface area contributed by atoms with Gasteiger partial charge in [-0.25, -0.2) is 4.39 Å². The van der Waals surface area contributed by atoms with Gasteiger partial charge in [0.2, 0.25) is 5.91 Å². The summed E-state index contributed by atoms with van der Waals surface area (Å²) in [6.45, 7) is 3.95. The fraction of sp³-hybridized carbons (Fsp3) is 0.314. The number of alkyl halides is 3. The van der Waals surface area contributed by atoms with Crippen LogP contribution in [0.1, 0.15) is 53.7 Å². The molecule has 4 rings (SSSR count). The number of nitrogens with one attached hydrogen (secondary N) is 2. The second-order valence-electron chi connectivity index (χ2n) is 12.0. The van der Waals surface area contributed by atoms with Gasteiger partial charge in [-0.3, -0.25) is 24.1 Å². The molecule has 9 nitrogen and oxygen atoms in total. The summed E-state index contributed by atoms with van der Waals surface area (Å²) in [5.74, 6) is 1.30. The average Bonchev–Trinajstić information content (AvgIpc) is 3.03. The average molecular weight is 737 g/mol. The summed E-state index contributed by atoms with van der Waals surface area (Å²) in [7, 11) is 0. The van der Waals surface area contributed by atoms with E-state index in [1.54, 1.807) is 19.9 Å². The van der Waals surface area contributed by atoms with Gasteiger partial charge in [0, 0.05) is 16.1 Å². The molecule has 0 aromatic heterocycles. The summed E-state index contributed by atoms with van der Waals surface area (Å²) >= 11 is 12.4. The first-order valence-corrected chi connectivity index (χ1v) is 15.9. The highest BCUT2D eigenvalue weighted by atomic mass is 35.5. The number of likely N-dealkylation sites (tertiary alicyclic amines) is 1. The van der Waals surface area contributed by atoms with Gasteiger partial charge >= 0.3 is 12.1 Å². The van der Waals surface area contributed by atoms with Crippen LogP contribution >= 0.6 is 23.2 Å². The molecule has 1 aliphatic rings. The highest BCUT2D eigenvalue weighted by Crippen LogP contribution is 2.32. The Hall–Kier alpha value is -4.64. The monoisotopic (exact) mass is 735 g/mol. The largest absolute Gasteiger partial charge is 0.483 e. The van der Waals surface area contributed by atoms with E-state index < -0.39 is 58.8 Å². The van der Waals surface area contributed by atoms with Crippen LogP contribution in [-0.4, -0.2) is 65.4 Å². The van der Waals surface area contributed by atoms with Crippen LogP contribution in [0.5, 0.6) is 5.75 Å². The Bertz CT molecular complexity index is 1860. The maximum absolute atomic E-state index is 14.0. The third-order valence-corrected chi connectivity index (χ3v) is 8.10. The van der Waals surface area contributed by atoms with Crippen molar-refractivity contribution in [1.82, 2.24) is 10.2 Å². The summed E-state index contributed by atoms with van der Waals surface area (Å²) in [6.07, 6.45) is -3.93. The van der Waals surface area contributed by atoms with Crippen molar-refractivity contribution in [3.63, 3.8) is 0 Å². The Labute approximate surface area is 294 Å². The molecular formula is C35H31Cl2F4N3O6. The van der Waals surface area contributed by atoms with Gasteiger partial charge in [0.25, 0.3) is 5.91 Å². The first-order chi connectivity index (χ1) is 23.4. The number of anilines is 1. The molecule has 0 spiro atoms. The Morgan fingerprint density at radius 2 is 1.68 bits per heavy atom. The van der Waals surface area contributed by atoms with E-state index in [4.69, 9.17) is 33.0 Å². The second-order valence-corrected chi connectivity index (χ2v) is 12.9. The van der Waals surface area contributed by atoms with E-state index in [9.17, 15) is 36.7 Å². The normalized spacial score (nSPS) is 13.9. The molecule has 3 aromatic carbocycles. The SMILES string of the molecule is CC(C)(C#Cc1ccc(NC(=O)COc2ccc(Cl)cc2C(=O)c2cc(F)cc(C(F)(F)F)c2)c(Cl)c1)NC(=O)CN1CCC(C(=O)O)CC1. The van der Waals surface area contributed by atoms with Crippen LogP contribution in [0, 0.1) is 23.6 Å². The molecule has 2 amide bonds. The van der Waals surface area contributed by atoms with Crippen LogP contribution in [0.2, 0.25) is 10.0 Å². The summed E-state index contributed by atoms with van der Waals surface area (Å²) in [5.41, 5.74) is -2.45. The van der Waals surface area contributed by atoms with Crippen LogP contribution in [0.4, 0.5) is 23.2 Å². The number of hydrogen-bond donors (Lipinski definition) is 3. The first kappa shape index (κ1) is 38.2. The molecule has 264 valence electrons. The zero-order chi connectivity index (χ0) is 36.8. The van der Waals surface area contributed by atoms with Crippen molar-refractivity contribution in [1.29, 1.82) is 0 Å². The van der Waals surface area contributed by atoms with E-state index >= 15 is 0 Å². The van der Waals surface area contributed by atoms with E-state index in [0.717, 1.165) is 6.07 Å². The molecule has 0 aliphatic carbocycles. The van der Waals surface area contributed by atoms with Gasteiger partial charge in [-0.15, -0.1) is 0 Å². The number of benzene rings is 3. The first-order valence-electron chi connectivity index (χ1n) is 15.1. The number of ketones is 1. The minimum Gasteiger partial charge on any atom is -0.483 e. The predicted molar refractivity (Wildman–Crippen MR) is 178 cm³/mol. The van der Waals surface area contributed by atoms with Crippen molar-refractivity contribution in [2.75, 3.05) is 31.6 Å². The van der Waals surface area contributed by atoms with Crippen LogP contribution < -0.4 is 15.4 Å². The van der Waals surface area contributed by atoms with Crippen LogP contribution in [0.25, 0.3) is 0 Å². The maximum Gasteiger partial charge on any atom is 0.416 e. The van der Waals surface area contributed by atoms with E-state index in [0.29, 0.717) is 43.6 Å². The smallest absolute Gasteiger partial charge is 0.416 e. The number of rotatable bonds is 10. The molecule has 0 atom stereocenters. The molecule has 0 radical (unpaired) electrons. The molecule has 15 heteroatoms. The molecule has 3 N–H and O–H groups in total. The lowest BCUT2D eigenvalue weighted by molar-refractivity contribution is -0.143. The van der Waals surface area contributed by atoms with Gasteiger partial charge in [0.15, 0.2) is 12.4 Å². The summed E-state index contributed by atoms with van der Waals surface area (Å²) in [6, 6.07) is 9.73. The van der Waals surface area contributed by atoms with E-state index in [2.05, 4.69) is 22.5 Å². The molecule has 0 bridgehead atoms. The van der Waals surface area contributed by atoms with Crippen molar-refractivity contribution in [2.45, 2.75) is 38.4 Å². The summed E-state index contributed by atoms with van der Waals surface area (Å²) in [4.78, 5) is 51.5. The maximum atomic E-state index is 14.0. The molecule has 1 saturated heterocycles. The Morgan fingerprint density at radius 3 is 2.32 bits per heavy atom. The van der Waals surface area contributed by atoms with Crippen LogP contribution in [0.15, 0.2) is 54.6 Å². The number of carboxylic acid groups (broad SMARTS) is 1. The fourth-order valence-electron chi connectivity index (χ4n) is 5.06. The molecule has 1 fully saturated rings. The molecule has 50 heavy (non-hydrogen) atoms. The number of amides is 2. The minimum absolute atomic E-state index is 0.0491. The highest BCUT2D eigenvalue weighted by Gasteiger charge is 2.32. The number of piperidine rings is 1. The van der Waals surface area contributed by atoms with Crippen molar-refractivity contribution < 1.29 is 46.6 Å². The van der Waals surface area contributed by atoms with E-state index in [-0.39, 0.29) is 45.6 Å². The van der Waals surface area contributed by atoms with Gasteiger partial charge in [-0.1, -0.05) is 35.0 Å². The van der Waals surface area contributed by atoms with Gasteiger partial charge < -0.3 is 20.5 Å². The highest BCUT2D eigenvalue weighted by molar-refractivity contribution is 6.34. The standard InChI is InChI=1S/C35H31Cl2F4N3O6/c1-34(2,43-30(45)18-44-11-8-21(9-12-44)33(48)49)10-7-20-3-5-28(27(37)13-20)42-31(46)19-50-29-6-4-24(36)17-26(29)32(47)22-14-23(35(39,40)41)16-25(38)15-22/h3-6,13-17,21H,8-9,11-12,18-19H2,1-2H3,(H,42,46)(H,43,45)(H,48,49). The zero-order valence-corrected chi connectivity index (χ0v) is 28.2. The molecule has 1 aliphatic heterocycles. The number of carbonyl (C=O) groups is 4. The van der Waals surface area contributed by atoms with Crippen molar-refractivity contribution in [3.05, 3.63) is 92.7 Å². The molecule has 1 heterocycles. The molecule has 3 aromatic rings. The zero-order valence-electron chi connectivity index (χ0n) is 26.7. The van der Waals surface area contributed by atoms with Gasteiger partial charge in [0.1, 0.15) is 11.6 Å². The summed E-state index contributed by atoms with van der Waals surface area (Å²) in [5, 5.41) is 14.7. The molecule has 0 unspecified atom stereocenters. The Morgan fingerprint density at radius 1 is 0.980 bits per heavy atom. The Kier molecular flexibility index (Phi) is 12.2. The van der Waals surface area contributed by atoms with Crippen molar-refractivity contribution in [3.8, 4) is 17.6 Å². The third-order valence-electron chi connectivity index (χ3n) is 7.55. The summed E-state index contributed by atoms with van der Waals surface area (Å²) < 4.78 is 59.1. The van der Waals surface area contributed by atoms with Gasteiger partial charge in [0.05, 0.1) is 39.8 Å². The number of carbonyl (C=O) groups excluding carboxylic acids is 3. The van der Waals surface area contributed by atoms with Crippen LogP contribution in [-0.2, 0) is 20.6 Å². The predicted octanol–water partition coefficient (Wildman–Crippen LogP) is 6.44. The van der Waals surface area contributed by atoms with Crippen LogP contribution in [0.3, 0.4) is 0 Å². The van der Waals surface area contributed by atoms with E-state index in [1.165, 1.54) is 24.3 Å². The number of halogens is 6. The number of ether oxygens (including phenoxy) is 1. The number of aliphatic carboxylic acids is 1. The topological polar surface area (TPSA) is 125 Å². The van der Waals surface area contributed by atoms with Crippen molar-refractivity contribution >= 4 is 52.5 Å². The Balaban J connectivity index is 1.35. The molecular weight excluding hydrogens is 705 g/mol. The minimum atomic E-state index is -4.89. The lowest BCUT2D eigenvalue weighted by Gasteiger charge is -2.30. The third kappa shape index (κ3) is 10.7. The second kappa shape index (κ2) is 15.9. The van der Waals surface area contributed by atoms with Gasteiger partial charge in [-0.05, 0) is 94.4 Å². The lowest BCUT2D eigenvalue weighted by atomic mass is 9.97. The van der Waals surface area contributed by atoms with Gasteiger partial charge in [-0.2, -0.15) is 13.2 Å². The number of nitrogens with zero attached hydrogens (tertiary/aromatic N) is 1. The number of hydrogen-bond acceptors (Lipinski definition) is 6. The number of carboxylic acids is 1. The quantitative estimate of drug-likeness (QED) is 0.124. The fourth-order valence-corrected chi connectivity index (χ4v) is 5.46.